The number of anilines is 1. The third-order valence-electron chi connectivity index (χ3n) is 4.16. The Bertz CT molecular complexity index is 781. The fourth-order valence-electron chi connectivity index (χ4n) is 2.98. The number of carbonyl (C=O) groups excluding carboxylic acids is 1. The fourth-order valence-corrected chi connectivity index (χ4v) is 3.79. The number of urea groups is 1. The summed E-state index contributed by atoms with van der Waals surface area (Å²) in [4.78, 5) is 16.2. The maximum Gasteiger partial charge on any atom is 0.321 e. The lowest BCUT2D eigenvalue weighted by Gasteiger charge is -2.33. The van der Waals surface area contributed by atoms with E-state index < -0.39 is 29.6 Å². The molecular weight excluding hydrogens is 386 g/mol. The molecule has 10 heteroatoms. The molecule has 2 unspecified atom stereocenters. The van der Waals surface area contributed by atoms with Crippen LogP contribution in [0.2, 0.25) is 4.34 Å². The molecule has 26 heavy (non-hydrogen) atoms. The van der Waals surface area contributed by atoms with Gasteiger partial charge in [-0.3, -0.25) is 5.32 Å². The number of nitrogens with one attached hydrogen (secondary N) is 3. The van der Waals surface area contributed by atoms with Crippen LogP contribution in [0.3, 0.4) is 0 Å². The van der Waals surface area contributed by atoms with Crippen LogP contribution in [0.1, 0.15) is 17.9 Å². The van der Waals surface area contributed by atoms with Gasteiger partial charge in [0, 0.05) is 36.2 Å². The van der Waals surface area contributed by atoms with Crippen LogP contribution < -0.4 is 20.7 Å². The molecule has 3 N–H and O–H groups in total. The normalized spacial score (nSPS) is 19.8. The molecule has 1 saturated heterocycles. The van der Waals surface area contributed by atoms with Gasteiger partial charge in [0.1, 0.15) is 21.7 Å². The van der Waals surface area contributed by atoms with E-state index in [0.717, 1.165) is 23.5 Å². The molecule has 0 bridgehead atoms. The Morgan fingerprint density at radius 1 is 1.42 bits per heavy atom. The molecule has 2 atom stereocenters. The highest BCUT2D eigenvalue weighted by Gasteiger charge is 2.32. The molecular formula is C16H17ClF2N4O2S. The Labute approximate surface area is 157 Å². The largest absolute Gasteiger partial charge is 0.497 e. The third-order valence-corrected chi connectivity index (χ3v) is 5.19. The number of methoxy groups -OCH3 is 1. The predicted octanol–water partition coefficient (Wildman–Crippen LogP) is 3.35. The molecule has 1 aliphatic heterocycles. The van der Waals surface area contributed by atoms with E-state index in [4.69, 9.17) is 16.3 Å². The first-order valence-corrected chi connectivity index (χ1v) is 9.10. The lowest BCUT2D eigenvalue weighted by atomic mass is 9.86. The van der Waals surface area contributed by atoms with Crippen LogP contribution in [-0.2, 0) is 0 Å². The number of nitrogens with zero attached hydrogens (tertiary/aromatic N) is 1. The number of rotatable bonds is 4. The van der Waals surface area contributed by atoms with Gasteiger partial charge in [-0.15, -0.1) is 0 Å². The van der Waals surface area contributed by atoms with Crippen molar-refractivity contribution in [3.05, 3.63) is 39.9 Å². The average molecular weight is 403 g/mol. The average Bonchev–Trinajstić information content (AvgIpc) is 3.00. The lowest BCUT2D eigenvalue weighted by molar-refractivity contribution is 0.240. The summed E-state index contributed by atoms with van der Waals surface area (Å²) in [7, 11) is 1.34. The topological polar surface area (TPSA) is 75.3 Å². The van der Waals surface area contributed by atoms with Gasteiger partial charge in [0.05, 0.1) is 13.3 Å². The summed E-state index contributed by atoms with van der Waals surface area (Å²) in [6, 6.07) is 1.34. The van der Waals surface area contributed by atoms with E-state index in [9.17, 15) is 13.6 Å². The number of ether oxygens (including phenoxy) is 1. The Balaban J connectivity index is 1.77. The van der Waals surface area contributed by atoms with E-state index in [1.807, 2.05) is 0 Å². The van der Waals surface area contributed by atoms with Gasteiger partial charge in [-0.05, 0) is 13.0 Å². The Morgan fingerprint density at radius 3 is 2.77 bits per heavy atom. The molecule has 0 saturated carbocycles. The first-order valence-electron chi connectivity index (χ1n) is 7.90. The van der Waals surface area contributed by atoms with E-state index in [2.05, 4.69) is 20.9 Å². The van der Waals surface area contributed by atoms with Gasteiger partial charge in [-0.1, -0.05) is 22.9 Å². The Morgan fingerprint density at radius 2 is 2.15 bits per heavy atom. The minimum atomic E-state index is -0.700. The lowest BCUT2D eigenvalue weighted by Crippen LogP contribution is -2.49. The number of amides is 2. The highest BCUT2D eigenvalue weighted by molar-refractivity contribution is 7.19. The molecule has 0 radical (unpaired) electrons. The standard InChI is InChI=1S/C16H17ClF2N4O2S/c1-25-8-4-10(18)14(11(19)5-8)9-6-20-3-2-12(9)22-15(24)23-16-21-7-13(17)26-16/h4-5,7,9,12,20H,2-3,6H2,1H3,(H2,21,22,23,24). The number of hydrogen-bond acceptors (Lipinski definition) is 5. The molecule has 1 aromatic heterocycles. The number of hydrogen-bond donors (Lipinski definition) is 3. The molecule has 1 aromatic carbocycles. The number of aromatic nitrogens is 1. The van der Waals surface area contributed by atoms with Crippen LogP contribution in [0.5, 0.6) is 5.75 Å². The zero-order valence-corrected chi connectivity index (χ0v) is 15.4. The number of benzene rings is 1. The maximum absolute atomic E-state index is 14.4. The first-order chi connectivity index (χ1) is 12.5. The van der Waals surface area contributed by atoms with Crippen molar-refractivity contribution in [1.82, 2.24) is 15.6 Å². The molecule has 3 rings (SSSR count). The van der Waals surface area contributed by atoms with Crippen molar-refractivity contribution >= 4 is 34.1 Å². The van der Waals surface area contributed by atoms with Gasteiger partial charge in [-0.2, -0.15) is 0 Å². The van der Waals surface area contributed by atoms with Crippen LogP contribution in [0.25, 0.3) is 0 Å². The zero-order chi connectivity index (χ0) is 18.7. The fraction of sp³-hybridized carbons (Fsp3) is 0.375. The van der Waals surface area contributed by atoms with Crippen molar-refractivity contribution < 1.29 is 18.3 Å². The SMILES string of the molecule is COc1cc(F)c(C2CNCCC2NC(=O)Nc2ncc(Cl)s2)c(F)c1. The quantitative estimate of drug-likeness (QED) is 0.733. The highest BCUT2D eigenvalue weighted by atomic mass is 35.5. The molecule has 0 aliphatic carbocycles. The summed E-state index contributed by atoms with van der Waals surface area (Å²) in [5.41, 5.74) is -0.0689. The summed E-state index contributed by atoms with van der Waals surface area (Å²) in [6.07, 6.45) is 1.96. The monoisotopic (exact) mass is 402 g/mol. The van der Waals surface area contributed by atoms with Gasteiger partial charge >= 0.3 is 6.03 Å². The van der Waals surface area contributed by atoms with E-state index in [0.29, 0.717) is 29.0 Å². The summed E-state index contributed by atoms with van der Waals surface area (Å²) in [5.74, 6) is -1.85. The molecule has 2 amide bonds. The molecule has 2 aromatic rings. The van der Waals surface area contributed by atoms with Crippen molar-refractivity contribution in [3.63, 3.8) is 0 Å². The summed E-state index contributed by atoms with van der Waals surface area (Å²) < 4.78 is 34.2. The molecule has 140 valence electrons. The molecule has 2 heterocycles. The van der Waals surface area contributed by atoms with E-state index in [-0.39, 0.29) is 11.3 Å². The van der Waals surface area contributed by atoms with Crippen molar-refractivity contribution in [2.45, 2.75) is 18.4 Å². The van der Waals surface area contributed by atoms with E-state index in [1.54, 1.807) is 0 Å². The molecule has 6 nitrogen and oxygen atoms in total. The molecule has 0 spiro atoms. The summed E-state index contributed by atoms with van der Waals surface area (Å²) in [5, 5.41) is 8.81. The van der Waals surface area contributed by atoms with Gasteiger partial charge in [0.2, 0.25) is 0 Å². The molecule has 1 aliphatic rings. The minimum absolute atomic E-state index is 0.0689. The van der Waals surface area contributed by atoms with E-state index >= 15 is 0 Å². The van der Waals surface area contributed by atoms with Crippen LogP contribution >= 0.6 is 22.9 Å². The zero-order valence-electron chi connectivity index (χ0n) is 13.8. The van der Waals surface area contributed by atoms with Crippen LogP contribution in [-0.4, -0.2) is 37.3 Å². The minimum Gasteiger partial charge on any atom is -0.497 e. The van der Waals surface area contributed by atoms with Gasteiger partial charge in [0.15, 0.2) is 5.13 Å². The van der Waals surface area contributed by atoms with Gasteiger partial charge in [-0.25, -0.2) is 18.6 Å². The summed E-state index contributed by atoms with van der Waals surface area (Å²) >= 11 is 6.90. The van der Waals surface area contributed by atoms with Crippen LogP contribution in [0, 0.1) is 11.6 Å². The van der Waals surface area contributed by atoms with Crippen LogP contribution in [0.15, 0.2) is 18.3 Å². The number of piperidine rings is 1. The smallest absolute Gasteiger partial charge is 0.321 e. The van der Waals surface area contributed by atoms with E-state index in [1.165, 1.54) is 13.3 Å². The predicted molar refractivity (Wildman–Crippen MR) is 96.2 cm³/mol. The second kappa shape index (κ2) is 8.15. The van der Waals surface area contributed by atoms with Gasteiger partial charge < -0.3 is 15.4 Å². The summed E-state index contributed by atoms with van der Waals surface area (Å²) in [6.45, 7) is 0.970. The van der Waals surface area contributed by atoms with Crippen molar-refractivity contribution in [3.8, 4) is 5.75 Å². The Kier molecular flexibility index (Phi) is 5.90. The number of thiazole rings is 1. The molecule has 1 fully saturated rings. The third kappa shape index (κ3) is 4.22. The van der Waals surface area contributed by atoms with Gasteiger partial charge in [0.25, 0.3) is 0 Å². The first kappa shape index (κ1) is 18.8. The highest BCUT2D eigenvalue weighted by Crippen LogP contribution is 2.31. The Hall–Kier alpha value is -1.97. The van der Waals surface area contributed by atoms with Crippen molar-refractivity contribution in [2.75, 3.05) is 25.5 Å². The van der Waals surface area contributed by atoms with Crippen LogP contribution in [0.4, 0.5) is 18.7 Å². The van der Waals surface area contributed by atoms with Crippen molar-refractivity contribution in [2.24, 2.45) is 0 Å². The maximum atomic E-state index is 14.4. The van der Waals surface area contributed by atoms with Crippen molar-refractivity contribution in [1.29, 1.82) is 0 Å². The second-order valence-corrected chi connectivity index (χ2v) is 7.44. The number of halogens is 3. The second-order valence-electron chi connectivity index (χ2n) is 5.78. The number of carbonyl (C=O) groups is 1.